The van der Waals surface area contributed by atoms with Crippen molar-refractivity contribution in [2.24, 2.45) is 30.0 Å². The quantitative estimate of drug-likeness (QED) is 0.0292. The third-order valence-electron chi connectivity index (χ3n) is 18.2. The number of nitro benzene ring substituents is 2. The van der Waals surface area contributed by atoms with E-state index in [0.29, 0.717) is 122 Å². The van der Waals surface area contributed by atoms with Gasteiger partial charge in [0.25, 0.3) is 17.1 Å². The zero-order valence-electron chi connectivity index (χ0n) is 54.9. The molecule has 7 N–H and O–H groups in total. The molecule has 16 bridgehead atoms. The summed E-state index contributed by atoms with van der Waals surface area (Å²) in [6.07, 6.45) is 24.8. The zero-order valence-corrected chi connectivity index (χ0v) is 54.9. The van der Waals surface area contributed by atoms with Gasteiger partial charge < -0.3 is 25.7 Å². The number of nitro groups is 3. The Morgan fingerprint density at radius 1 is 0.440 bits per heavy atom. The highest BCUT2D eigenvalue weighted by molar-refractivity contribution is 6.40. The van der Waals surface area contributed by atoms with Crippen molar-refractivity contribution in [3.63, 3.8) is 0 Å². The fourth-order valence-electron chi connectivity index (χ4n) is 13.1. The molecule has 13 rings (SSSR count). The number of benzene rings is 5. The third-order valence-corrected chi connectivity index (χ3v) is 18.2. The molecule has 0 radical (unpaired) electrons. The van der Waals surface area contributed by atoms with E-state index in [9.17, 15) is 61.2 Å². The minimum atomic E-state index is -0.919. The first-order chi connectivity index (χ1) is 48.3. The molecule has 0 fully saturated rings. The predicted molar refractivity (Wildman–Crippen MR) is 385 cm³/mol. The Morgan fingerprint density at radius 2 is 0.870 bits per heavy atom. The van der Waals surface area contributed by atoms with Crippen molar-refractivity contribution in [2.75, 3.05) is 0 Å². The topological polar surface area (TPSA) is 356 Å². The average molecular weight is 1340 g/mol. The maximum atomic E-state index is 13.1. The molecule has 7 aliphatic heterocycles. The second-order valence-electron chi connectivity index (χ2n) is 24.8. The summed E-state index contributed by atoms with van der Waals surface area (Å²) in [7, 11) is 0. The van der Waals surface area contributed by atoms with Crippen molar-refractivity contribution in [1.82, 2.24) is 0 Å². The van der Waals surface area contributed by atoms with E-state index >= 15 is 0 Å². The van der Waals surface area contributed by atoms with Gasteiger partial charge in [-0.1, -0.05) is 108 Å². The number of hydrogen-bond donors (Lipinski definition) is 7. The number of aliphatic imine (C=N–C) groups is 6. The van der Waals surface area contributed by atoms with Crippen LogP contribution in [-0.2, 0) is 25.7 Å². The van der Waals surface area contributed by atoms with E-state index in [1.807, 2.05) is 76.2 Å². The Kier molecular flexibility index (Phi) is 18.2. The Bertz CT molecular complexity index is 5120. The molecule has 8 aliphatic rings. The largest absolute Gasteiger partial charge is 0.626 e. The first kappa shape index (κ1) is 66.0. The van der Waals surface area contributed by atoms with Gasteiger partial charge in [-0.15, -0.1) is 5.69 Å². The SMILES string of the molecule is CCCCc1ccc2c(c1)N=C(O)c1cc(c([N+](=O)[O-])cc1[N+](=O)[O-])C(O)=Nc1cc(CCCC)ccc1C1=C3C=CC(=N3)C3=C4C=CC(=[NH+]4)C(=C4C=CC(=N4)C2=C2C=CC1=N2)c1ccc(CCCC)cc1N=C(O)C1=CC(=C(O)[N-]c2cc(CCCC)ccc23)C(=[N+](O)O)C=C1[N+](=O)[O-]. The fourth-order valence-corrected chi connectivity index (χ4v) is 13.1. The predicted octanol–water partition coefficient (Wildman–Crippen LogP) is 15.3. The second-order valence-corrected chi connectivity index (χ2v) is 24.8. The lowest BCUT2D eigenvalue weighted by Crippen LogP contribution is -2.68. The van der Waals surface area contributed by atoms with Crippen molar-refractivity contribution >= 4 is 103 Å². The normalized spacial score (nSPS) is 16.6. The van der Waals surface area contributed by atoms with Gasteiger partial charge in [0, 0.05) is 45.9 Å². The van der Waals surface area contributed by atoms with Crippen LogP contribution in [0.3, 0.4) is 0 Å². The lowest BCUT2D eigenvalue weighted by atomic mass is 9.93. The summed E-state index contributed by atoms with van der Waals surface area (Å²) in [5, 5.41) is 116. The van der Waals surface area contributed by atoms with E-state index in [0.717, 1.165) is 91.8 Å². The molecule has 502 valence electrons. The highest BCUT2D eigenvalue weighted by atomic mass is 16.8. The smallest absolute Gasteiger partial charge is 0.327 e. The molecule has 24 heteroatoms. The summed E-state index contributed by atoms with van der Waals surface area (Å²) in [6, 6.07) is 23.5. The number of fused-ring (bicyclic) bond motifs is 15. The molecule has 0 atom stereocenters. The summed E-state index contributed by atoms with van der Waals surface area (Å²) in [6.45, 7) is 8.16. The maximum Gasteiger partial charge on any atom is 0.327 e. The van der Waals surface area contributed by atoms with Gasteiger partial charge in [0.05, 0.1) is 94.9 Å². The molecule has 0 spiro atoms. The molecule has 5 aromatic carbocycles. The summed E-state index contributed by atoms with van der Waals surface area (Å²) in [5.74, 6) is -3.55. The number of aliphatic hydroxyl groups excluding tert-OH is 4. The number of nitrogens with one attached hydrogen (secondary N) is 1. The Labute approximate surface area is 572 Å². The first-order valence-corrected chi connectivity index (χ1v) is 33.1. The van der Waals surface area contributed by atoms with E-state index < -0.39 is 83.4 Å². The molecular weight excluding hydrogens is 1270 g/mol. The minimum Gasteiger partial charge on any atom is -0.626 e. The van der Waals surface area contributed by atoms with Crippen molar-refractivity contribution in [1.29, 1.82) is 0 Å². The van der Waals surface area contributed by atoms with Crippen LogP contribution in [0, 0.1) is 30.3 Å². The third kappa shape index (κ3) is 12.6. The molecule has 0 saturated heterocycles. The minimum absolute atomic E-state index is 0.0934. The van der Waals surface area contributed by atoms with Crippen LogP contribution in [0.1, 0.15) is 135 Å². The lowest BCUT2D eigenvalue weighted by Gasteiger charge is -2.28. The average Bonchev–Trinajstić information content (AvgIpc) is 1.52. The van der Waals surface area contributed by atoms with E-state index in [-0.39, 0.29) is 27.7 Å². The van der Waals surface area contributed by atoms with Crippen LogP contribution in [0.15, 0.2) is 221 Å². The van der Waals surface area contributed by atoms with Crippen LogP contribution in [0.2, 0.25) is 0 Å². The Morgan fingerprint density at radius 3 is 1.32 bits per heavy atom. The van der Waals surface area contributed by atoms with Crippen molar-refractivity contribution in [3.8, 4) is 0 Å². The molecule has 0 saturated carbocycles. The van der Waals surface area contributed by atoms with Crippen LogP contribution in [0.5, 0.6) is 0 Å². The Balaban J connectivity index is 1.22. The number of hydrogen-bond acceptors (Lipinski definition) is 15. The van der Waals surface area contributed by atoms with Gasteiger partial charge in [0.15, 0.2) is 0 Å². The maximum absolute atomic E-state index is 13.1. The number of unbranched alkanes of at least 4 members (excludes halogenated alkanes) is 4. The standard InChI is InChI=1S/C76H66N12O12/c1-5-9-13-41-17-21-45-61(33-41)81-73(89)49-37-50(66(86(95)96)39-65(49)85(93)94)74(90)82-62-34-42(14-10-6-2)18-22-46(62)70-54-26-25-53(77-54)69(45)57-29-30-58(79-57)71-47-23-19-43(15-11-7-3)35-63(47)83-75(91)51-38-52(68(88(99)100)40-67(51)87(97)98)76(92)84-64-36-44(16-12-8-4)20-24-48(64)72(56-28-27-55(71)78-56)60-32-31-59(70)80-60/h17-40,93-94H,5-16H2,1-4H3,(H4,77,78,79,80,81,82,83,84,89,90,91,92)/p+1. The van der Waals surface area contributed by atoms with E-state index in [1.54, 1.807) is 72.9 Å². The van der Waals surface area contributed by atoms with Gasteiger partial charge in [0.1, 0.15) is 16.7 Å². The number of allylic oxidation sites excluding steroid dienone is 15. The molecule has 24 nitrogen and oxygen atoms in total. The van der Waals surface area contributed by atoms with Gasteiger partial charge in [-0.2, -0.15) is 0 Å². The van der Waals surface area contributed by atoms with Crippen LogP contribution in [-0.4, -0.2) is 96.8 Å². The van der Waals surface area contributed by atoms with Crippen molar-refractivity contribution < 1.29 is 55.5 Å². The monoisotopic (exact) mass is 1340 g/mol. The molecule has 0 amide bonds. The van der Waals surface area contributed by atoms with E-state index in [4.69, 9.17) is 35.3 Å². The number of aliphatic hydroxyl groups is 4. The molecule has 1 aliphatic carbocycles. The fraction of sp³-hybridized carbons (Fsp3) is 0.211. The second kappa shape index (κ2) is 27.5. The molecule has 100 heavy (non-hydrogen) atoms. The molecule has 5 aromatic rings. The van der Waals surface area contributed by atoms with Crippen LogP contribution < -0.4 is 4.99 Å². The van der Waals surface area contributed by atoms with Gasteiger partial charge >= 0.3 is 5.71 Å². The molecular formula is C76H67N12O12+. The summed E-state index contributed by atoms with van der Waals surface area (Å²) in [4.78, 5) is 70.9. The molecule has 0 unspecified atom stereocenters. The van der Waals surface area contributed by atoms with Gasteiger partial charge in [-0.05, 0) is 146 Å². The number of nitrogens with zero attached hydrogens (tertiary/aromatic N) is 11. The zero-order chi connectivity index (χ0) is 70.2. The summed E-state index contributed by atoms with van der Waals surface area (Å²) < 4.78 is 0. The lowest BCUT2D eigenvalue weighted by molar-refractivity contribution is -0.955. The summed E-state index contributed by atoms with van der Waals surface area (Å²) >= 11 is 0. The molecule has 7 heterocycles. The summed E-state index contributed by atoms with van der Waals surface area (Å²) in [5.41, 5.74) is 4.16. The van der Waals surface area contributed by atoms with Crippen LogP contribution in [0.25, 0.3) is 27.6 Å². The number of aryl methyl sites for hydroxylation is 4. The van der Waals surface area contributed by atoms with E-state index in [2.05, 4.69) is 4.99 Å². The van der Waals surface area contributed by atoms with Crippen LogP contribution >= 0.6 is 0 Å². The van der Waals surface area contributed by atoms with Crippen LogP contribution in [0.4, 0.5) is 34.1 Å². The molecule has 0 aromatic heterocycles. The Hall–Kier alpha value is -12.6. The van der Waals surface area contributed by atoms with Gasteiger partial charge in [0.2, 0.25) is 34.0 Å². The van der Waals surface area contributed by atoms with Gasteiger partial charge in [-0.25, -0.2) is 45.4 Å². The van der Waals surface area contributed by atoms with E-state index in [1.165, 1.54) is 0 Å². The van der Waals surface area contributed by atoms with Crippen molar-refractivity contribution in [2.45, 2.75) is 105 Å². The van der Waals surface area contributed by atoms with Gasteiger partial charge in [-0.3, -0.25) is 30.3 Å². The highest BCUT2D eigenvalue weighted by Crippen LogP contribution is 2.46. The highest BCUT2D eigenvalue weighted by Gasteiger charge is 2.38. The van der Waals surface area contributed by atoms with Crippen molar-refractivity contribution in [3.05, 3.63) is 282 Å². The first-order valence-electron chi connectivity index (χ1n) is 33.1. The number of rotatable bonds is 15.